The van der Waals surface area contributed by atoms with E-state index in [4.69, 9.17) is 0 Å². The number of amides is 1. The third kappa shape index (κ3) is 5.08. The zero-order valence-electron chi connectivity index (χ0n) is 22.3. The van der Waals surface area contributed by atoms with Crippen LogP contribution in [-0.4, -0.2) is 73.6 Å². The minimum absolute atomic E-state index is 0.114. The average Bonchev–Trinajstić information content (AvgIpc) is 3.59. The second kappa shape index (κ2) is 10.5. The molecule has 2 N–H and O–H groups in total. The Labute approximate surface area is 228 Å². The molecule has 10 nitrogen and oxygen atoms in total. The van der Waals surface area contributed by atoms with Crippen molar-refractivity contribution in [1.29, 1.82) is 0 Å². The molecule has 2 fully saturated rings. The Morgan fingerprint density at radius 1 is 1.08 bits per heavy atom. The SMILES string of the molecule is Cc1ccc(S(=O)c2n[nH]n3c2nc(=O)c2ccc(N4CCN(CC(=O)NC5CCCC5)CC4)cc23)c(C)c1. The molecule has 4 aromatic rings. The van der Waals surface area contributed by atoms with Gasteiger partial charge in [0.15, 0.2) is 10.7 Å². The minimum atomic E-state index is -1.60. The molecule has 2 aliphatic rings. The van der Waals surface area contributed by atoms with Crippen LogP contribution in [0.1, 0.15) is 36.8 Å². The van der Waals surface area contributed by atoms with Gasteiger partial charge in [-0.25, -0.2) is 13.9 Å². The molecule has 204 valence electrons. The molecule has 1 atom stereocenters. The van der Waals surface area contributed by atoms with Gasteiger partial charge < -0.3 is 10.2 Å². The molecule has 0 spiro atoms. The first-order valence-electron chi connectivity index (χ1n) is 13.5. The number of piperazine rings is 1. The predicted molar refractivity (Wildman–Crippen MR) is 151 cm³/mol. The predicted octanol–water partition coefficient (Wildman–Crippen LogP) is 2.54. The van der Waals surface area contributed by atoms with Crippen LogP contribution in [0.5, 0.6) is 0 Å². The van der Waals surface area contributed by atoms with Crippen LogP contribution < -0.4 is 15.8 Å². The number of fused-ring (bicyclic) bond motifs is 3. The Kier molecular flexibility index (Phi) is 6.94. The largest absolute Gasteiger partial charge is 0.369 e. The highest BCUT2D eigenvalue weighted by atomic mass is 32.2. The Bertz CT molecular complexity index is 1630. The van der Waals surface area contributed by atoms with Gasteiger partial charge in [0, 0.05) is 42.8 Å². The number of carbonyl (C=O) groups excluding carboxylic acids is 1. The number of H-pyrrole nitrogens is 1. The summed E-state index contributed by atoms with van der Waals surface area (Å²) in [7, 11) is -1.60. The molecule has 0 radical (unpaired) electrons. The Morgan fingerprint density at radius 3 is 2.59 bits per heavy atom. The zero-order chi connectivity index (χ0) is 27.1. The normalized spacial score (nSPS) is 17.7. The van der Waals surface area contributed by atoms with Gasteiger partial charge >= 0.3 is 0 Å². The molecular weight excluding hydrogens is 514 g/mol. The standard InChI is InChI=1S/C28H33N7O3S/c1-18-7-10-24(19(2)15-18)39(38)28-26-30-27(37)22-9-8-21(16-23(22)35(26)32-31-28)34-13-11-33(12-14-34)17-25(36)29-20-5-3-4-6-20/h7-10,15-16,20,32H,3-6,11-14,17H2,1-2H3,(H,29,36). The van der Waals surface area contributed by atoms with E-state index in [0.717, 1.165) is 55.8 Å². The maximum atomic E-state index is 13.5. The van der Waals surface area contributed by atoms with Crippen molar-refractivity contribution < 1.29 is 9.00 Å². The number of hydrogen-bond acceptors (Lipinski definition) is 7. The number of aromatic nitrogens is 4. The van der Waals surface area contributed by atoms with E-state index in [1.807, 2.05) is 44.2 Å². The number of nitrogens with zero attached hydrogens (tertiary/aromatic N) is 5. The summed E-state index contributed by atoms with van der Waals surface area (Å²) in [6, 6.07) is 11.7. The van der Waals surface area contributed by atoms with E-state index >= 15 is 0 Å². The zero-order valence-corrected chi connectivity index (χ0v) is 23.1. The third-order valence-corrected chi connectivity index (χ3v) is 9.33. The van der Waals surface area contributed by atoms with E-state index in [0.29, 0.717) is 28.4 Å². The van der Waals surface area contributed by atoms with Gasteiger partial charge in [0.2, 0.25) is 5.91 Å². The summed E-state index contributed by atoms with van der Waals surface area (Å²) in [6.45, 7) is 7.45. The number of hydrogen-bond donors (Lipinski definition) is 2. The van der Waals surface area contributed by atoms with Crippen molar-refractivity contribution in [1.82, 2.24) is 30.0 Å². The molecule has 2 aromatic heterocycles. The van der Waals surface area contributed by atoms with Crippen molar-refractivity contribution in [3.8, 4) is 0 Å². The van der Waals surface area contributed by atoms with E-state index in [1.54, 1.807) is 10.6 Å². The molecule has 11 heteroatoms. The summed E-state index contributed by atoms with van der Waals surface area (Å²) < 4.78 is 15.1. The number of rotatable bonds is 6. The topological polar surface area (TPSA) is 116 Å². The number of aryl methyl sites for hydroxylation is 2. The molecule has 1 aliphatic heterocycles. The monoisotopic (exact) mass is 547 g/mol. The van der Waals surface area contributed by atoms with Crippen LogP contribution in [0.3, 0.4) is 0 Å². The molecule has 1 unspecified atom stereocenters. The molecule has 6 rings (SSSR count). The fourth-order valence-corrected chi connectivity index (χ4v) is 6.92. The summed E-state index contributed by atoms with van der Waals surface area (Å²) in [5.74, 6) is 0.114. The fourth-order valence-electron chi connectivity index (χ4n) is 5.74. The molecule has 1 saturated carbocycles. The number of anilines is 1. The minimum Gasteiger partial charge on any atom is -0.369 e. The van der Waals surface area contributed by atoms with Gasteiger partial charge in [-0.3, -0.25) is 14.5 Å². The Balaban J connectivity index is 1.22. The lowest BCUT2D eigenvalue weighted by Crippen LogP contribution is -2.50. The molecular formula is C28H33N7O3S. The van der Waals surface area contributed by atoms with Crippen LogP contribution >= 0.6 is 0 Å². The maximum absolute atomic E-state index is 13.5. The van der Waals surface area contributed by atoms with Crippen molar-refractivity contribution >= 4 is 38.9 Å². The smallest absolute Gasteiger partial charge is 0.281 e. The van der Waals surface area contributed by atoms with Crippen LogP contribution in [-0.2, 0) is 15.6 Å². The summed E-state index contributed by atoms with van der Waals surface area (Å²) in [5.41, 5.74) is 3.48. The van der Waals surface area contributed by atoms with Crippen LogP contribution in [0.2, 0.25) is 0 Å². The molecule has 1 saturated heterocycles. The number of benzene rings is 2. The lowest BCUT2D eigenvalue weighted by atomic mass is 10.2. The molecule has 1 aliphatic carbocycles. The van der Waals surface area contributed by atoms with Gasteiger partial charge in [0.05, 0.1) is 17.4 Å². The van der Waals surface area contributed by atoms with Crippen molar-refractivity contribution in [2.75, 3.05) is 37.6 Å². The van der Waals surface area contributed by atoms with Gasteiger partial charge in [-0.15, -0.1) is 5.10 Å². The summed E-state index contributed by atoms with van der Waals surface area (Å²) in [4.78, 5) is 34.7. The number of carbonyl (C=O) groups is 1. The van der Waals surface area contributed by atoms with Crippen molar-refractivity contribution in [2.24, 2.45) is 0 Å². The summed E-state index contributed by atoms with van der Waals surface area (Å²) in [5, 5.41) is 11.1. The van der Waals surface area contributed by atoms with Crippen LogP contribution in [0.15, 0.2) is 51.1 Å². The second-order valence-electron chi connectivity index (χ2n) is 10.6. The molecule has 1 amide bonds. The number of nitrogens with one attached hydrogen (secondary N) is 2. The Hall–Kier alpha value is -3.57. The summed E-state index contributed by atoms with van der Waals surface area (Å²) >= 11 is 0. The lowest BCUT2D eigenvalue weighted by Gasteiger charge is -2.36. The fraction of sp³-hybridized carbons (Fsp3) is 0.429. The van der Waals surface area contributed by atoms with Gasteiger partial charge in [-0.1, -0.05) is 30.5 Å². The molecule has 3 heterocycles. The average molecular weight is 548 g/mol. The van der Waals surface area contributed by atoms with E-state index in [1.165, 1.54) is 12.8 Å². The van der Waals surface area contributed by atoms with E-state index < -0.39 is 10.8 Å². The molecule has 2 aromatic carbocycles. The van der Waals surface area contributed by atoms with Crippen LogP contribution in [0.4, 0.5) is 5.69 Å². The first-order chi connectivity index (χ1) is 18.9. The highest BCUT2D eigenvalue weighted by molar-refractivity contribution is 7.85. The van der Waals surface area contributed by atoms with E-state index in [2.05, 4.69) is 30.4 Å². The third-order valence-electron chi connectivity index (χ3n) is 7.85. The van der Waals surface area contributed by atoms with Crippen LogP contribution in [0, 0.1) is 13.8 Å². The first kappa shape index (κ1) is 25.7. The van der Waals surface area contributed by atoms with Gasteiger partial charge in [0.1, 0.15) is 10.8 Å². The van der Waals surface area contributed by atoms with Gasteiger partial charge in [-0.05, 0) is 56.5 Å². The molecule has 0 bridgehead atoms. The van der Waals surface area contributed by atoms with Gasteiger partial charge in [0.25, 0.3) is 5.56 Å². The van der Waals surface area contributed by atoms with Gasteiger partial charge in [-0.2, -0.15) is 4.98 Å². The van der Waals surface area contributed by atoms with Crippen molar-refractivity contribution in [2.45, 2.75) is 55.5 Å². The van der Waals surface area contributed by atoms with E-state index in [-0.39, 0.29) is 22.1 Å². The number of aromatic amines is 1. The summed E-state index contributed by atoms with van der Waals surface area (Å²) in [6.07, 6.45) is 4.58. The Morgan fingerprint density at radius 2 is 1.85 bits per heavy atom. The first-order valence-corrected chi connectivity index (χ1v) is 14.7. The maximum Gasteiger partial charge on any atom is 0.281 e. The van der Waals surface area contributed by atoms with Crippen LogP contribution in [0.25, 0.3) is 16.6 Å². The highest BCUT2D eigenvalue weighted by Gasteiger charge is 2.24. The lowest BCUT2D eigenvalue weighted by molar-refractivity contribution is -0.123. The quantitative estimate of drug-likeness (QED) is 0.381. The van der Waals surface area contributed by atoms with E-state index in [9.17, 15) is 13.8 Å². The highest BCUT2D eigenvalue weighted by Crippen LogP contribution is 2.26. The van der Waals surface area contributed by atoms with Crippen molar-refractivity contribution in [3.05, 3.63) is 57.9 Å². The van der Waals surface area contributed by atoms with Crippen molar-refractivity contribution in [3.63, 3.8) is 0 Å². The molecule has 39 heavy (non-hydrogen) atoms. The second-order valence-corrected chi connectivity index (χ2v) is 12.0.